The summed E-state index contributed by atoms with van der Waals surface area (Å²) in [6.07, 6.45) is 0. The van der Waals surface area contributed by atoms with Crippen LogP contribution in [0.3, 0.4) is 0 Å². The third-order valence-electron chi connectivity index (χ3n) is 3.86. The Morgan fingerprint density at radius 1 is 1.35 bits per heavy atom. The monoisotopic (exact) mass is 330 g/mol. The van der Waals surface area contributed by atoms with Crippen molar-refractivity contribution in [1.82, 2.24) is 19.5 Å². The summed E-state index contributed by atoms with van der Waals surface area (Å²) in [5.41, 5.74) is 3.97. The fraction of sp³-hybridized carbons (Fsp3) is 0.312. The molecule has 0 radical (unpaired) electrons. The molecule has 0 saturated heterocycles. The first-order valence-electron chi connectivity index (χ1n) is 7.26. The van der Waals surface area contributed by atoms with Gasteiger partial charge in [0, 0.05) is 29.6 Å². The van der Waals surface area contributed by atoms with E-state index in [1.807, 2.05) is 39.1 Å². The Morgan fingerprint density at radius 3 is 2.78 bits per heavy atom. The predicted molar refractivity (Wildman–Crippen MR) is 89.8 cm³/mol. The van der Waals surface area contributed by atoms with Crippen LogP contribution in [0.15, 0.2) is 18.2 Å². The number of H-pyrrole nitrogens is 1. The molecule has 6 nitrogen and oxygen atoms in total. The number of nitrogens with one attached hydrogen (secondary N) is 1. The van der Waals surface area contributed by atoms with Crippen LogP contribution in [0.4, 0.5) is 0 Å². The molecule has 3 aromatic rings. The molecule has 0 fully saturated rings. The first kappa shape index (κ1) is 15.6. The van der Waals surface area contributed by atoms with Gasteiger partial charge >= 0.3 is 5.97 Å². The number of fused-ring (bicyclic) bond motifs is 1. The Kier molecular flexibility index (Phi) is 4.14. The van der Waals surface area contributed by atoms with E-state index < -0.39 is 5.97 Å². The molecular formula is C16H18N4O2S. The van der Waals surface area contributed by atoms with Crippen LogP contribution in [0, 0.1) is 13.8 Å². The van der Waals surface area contributed by atoms with Gasteiger partial charge in [-0.3, -0.25) is 4.90 Å². The van der Waals surface area contributed by atoms with Gasteiger partial charge in [0.25, 0.3) is 0 Å². The summed E-state index contributed by atoms with van der Waals surface area (Å²) >= 11 is 1.38. The zero-order chi connectivity index (χ0) is 16.6. The summed E-state index contributed by atoms with van der Waals surface area (Å²) in [6.45, 7) is 5.18. The van der Waals surface area contributed by atoms with E-state index in [0.29, 0.717) is 13.1 Å². The maximum Gasteiger partial charge on any atom is 0.352 e. The minimum absolute atomic E-state index is 0.261. The Balaban J connectivity index is 1.94. The SMILES string of the molecule is Cc1ccc2[nH]c(C(=O)O)c(CN(C)Cc3snnc3C)c2c1. The summed E-state index contributed by atoms with van der Waals surface area (Å²) < 4.78 is 3.94. The summed E-state index contributed by atoms with van der Waals surface area (Å²) in [7, 11) is 1.97. The molecule has 3 rings (SSSR count). The minimum Gasteiger partial charge on any atom is -0.477 e. The van der Waals surface area contributed by atoms with Crippen molar-refractivity contribution < 1.29 is 9.90 Å². The summed E-state index contributed by atoms with van der Waals surface area (Å²) in [5.74, 6) is -0.933. The maximum atomic E-state index is 11.6. The Labute approximate surface area is 137 Å². The number of carboxylic acid groups (broad SMARTS) is 1. The lowest BCUT2D eigenvalue weighted by Gasteiger charge is -2.16. The summed E-state index contributed by atoms with van der Waals surface area (Å²) in [6, 6.07) is 5.93. The third kappa shape index (κ3) is 3.11. The second-order valence-corrected chi connectivity index (χ2v) is 6.63. The standard InChI is InChI=1S/C16H18N4O2S/c1-9-4-5-13-11(6-9)12(15(17-13)16(21)22)7-20(3)8-14-10(2)18-19-23-14/h4-6,17H,7-8H2,1-3H3,(H,21,22). The Morgan fingerprint density at radius 2 is 2.13 bits per heavy atom. The third-order valence-corrected chi connectivity index (χ3v) is 4.67. The van der Waals surface area contributed by atoms with E-state index in [0.717, 1.165) is 32.6 Å². The summed E-state index contributed by atoms with van der Waals surface area (Å²) in [5, 5.41) is 14.5. The van der Waals surface area contributed by atoms with Crippen molar-refractivity contribution in [2.45, 2.75) is 26.9 Å². The molecular weight excluding hydrogens is 312 g/mol. The van der Waals surface area contributed by atoms with Gasteiger partial charge in [0.05, 0.1) is 10.6 Å². The zero-order valence-electron chi connectivity index (χ0n) is 13.3. The second-order valence-electron chi connectivity index (χ2n) is 5.79. The number of aromatic nitrogens is 3. The molecule has 2 heterocycles. The van der Waals surface area contributed by atoms with E-state index in [1.165, 1.54) is 11.5 Å². The lowest BCUT2D eigenvalue weighted by molar-refractivity contribution is 0.0689. The average molecular weight is 330 g/mol. The van der Waals surface area contributed by atoms with Crippen LogP contribution < -0.4 is 0 Å². The second kappa shape index (κ2) is 6.10. The number of hydrogen-bond acceptors (Lipinski definition) is 5. The molecule has 23 heavy (non-hydrogen) atoms. The van der Waals surface area contributed by atoms with E-state index >= 15 is 0 Å². The van der Waals surface area contributed by atoms with Gasteiger partial charge in [0.2, 0.25) is 0 Å². The molecule has 120 valence electrons. The van der Waals surface area contributed by atoms with Crippen LogP contribution in [0.1, 0.15) is 32.2 Å². The number of nitrogens with zero attached hydrogens (tertiary/aromatic N) is 3. The molecule has 2 aromatic heterocycles. The quantitative estimate of drug-likeness (QED) is 0.751. The van der Waals surface area contributed by atoms with Gasteiger partial charge in [-0.25, -0.2) is 4.79 Å². The van der Waals surface area contributed by atoms with Crippen LogP contribution in [0.2, 0.25) is 0 Å². The number of benzene rings is 1. The number of aryl methyl sites for hydroxylation is 2. The van der Waals surface area contributed by atoms with Crippen LogP contribution in [0.25, 0.3) is 10.9 Å². The number of carboxylic acids is 1. The van der Waals surface area contributed by atoms with E-state index in [4.69, 9.17) is 0 Å². The van der Waals surface area contributed by atoms with Gasteiger partial charge in [-0.2, -0.15) is 0 Å². The highest BCUT2D eigenvalue weighted by molar-refractivity contribution is 7.05. The van der Waals surface area contributed by atoms with Crippen LogP contribution in [0.5, 0.6) is 0 Å². The lowest BCUT2D eigenvalue weighted by Crippen LogP contribution is -2.18. The van der Waals surface area contributed by atoms with Crippen molar-refractivity contribution >= 4 is 28.4 Å². The molecule has 0 aliphatic heterocycles. The molecule has 0 atom stereocenters. The average Bonchev–Trinajstić information content (AvgIpc) is 3.04. The lowest BCUT2D eigenvalue weighted by atomic mass is 10.1. The van der Waals surface area contributed by atoms with Crippen molar-refractivity contribution in [2.24, 2.45) is 0 Å². The number of hydrogen-bond donors (Lipinski definition) is 2. The molecule has 0 saturated carbocycles. The van der Waals surface area contributed by atoms with Crippen molar-refractivity contribution in [2.75, 3.05) is 7.05 Å². The van der Waals surface area contributed by atoms with E-state index in [2.05, 4.69) is 19.5 Å². The molecule has 0 amide bonds. The van der Waals surface area contributed by atoms with Gasteiger partial charge in [-0.1, -0.05) is 16.1 Å². The van der Waals surface area contributed by atoms with Crippen molar-refractivity contribution in [3.8, 4) is 0 Å². The first-order chi connectivity index (χ1) is 11.0. The number of aromatic carboxylic acids is 1. The first-order valence-corrected chi connectivity index (χ1v) is 8.04. The maximum absolute atomic E-state index is 11.6. The fourth-order valence-electron chi connectivity index (χ4n) is 2.68. The molecule has 2 N–H and O–H groups in total. The molecule has 1 aromatic carbocycles. The van der Waals surface area contributed by atoms with Crippen LogP contribution >= 0.6 is 11.5 Å². The fourth-order valence-corrected chi connectivity index (χ4v) is 3.39. The predicted octanol–water partition coefficient (Wildman–Crippen LogP) is 2.97. The van der Waals surface area contributed by atoms with Gasteiger partial charge in [-0.05, 0) is 44.6 Å². The van der Waals surface area contributed by atoms with Crippen molar-refractivity contribution in [3.63, 3.8) is 0 Å². The van der Waals surface area contributed by atoms with Crippen LogP contribution in [-0.4, -0.2) is 37.6 Å². The molecule has 7 heteroatoms. The molecule has 0 spiro atoms. The smallest absolute Gasteiger partial charge is 0.352 e. The highest BCUT2D eigenvalue weighted by Gasteiger charge is 2.19. The molecule has 0 aliphatic rings. The topological polar surface area (TPSA) is 82.1 Å². The zero-order valence-corrected chi connectivity index (χ0v) is 14.1. The Hall–Kier alpha value is -2.25. The number of aromatic amines is 1. The molecule has 0 aliphatic carbocycles. The molecule has 0 bridgehead atoms. The highest BCUT2D eigenvalue weighted by Crippen LogP contribution is 2.26. The van der Waals surface area contributed by atoms with Crippen LogP contribution in [-0.2, 0) is 13.1 Å². The Bertz CT molecular complexity index is 868. The number of rotatable bonds is 5. The van der Waals surface area contributed by atoms with Crippen molar-refractivity contribution in [1.29, 1.82) is 0 Å². The minimum atomic E-state index is -0.933. The normalized spacial score (nSPS) is 11.5. The van der Waals surface area contributed by atoms with Gasteiger partial charge in [0.1, 0.15) is 5.69 Å². The molecule has 0 unspecified atom stereocenters. The van der Waals surface area contributed by atoms with Gasteiger partial charge in [0.15, 0.2) is 0 Å². The highest BCUT2D eigenvalue weighted by atomic mass is 32.1. The largest absolute Gasteiger partial charge is 0.477 e. The van der Waals surface area contributed by atoms with E-state index in [1.54, 1.807) is 0 Å². The van der Waals surface area contributed by atoms with Crippen molar-refractivity contribution in [3.05, 3.63) is 45.6 Å². The van der Waals surface area contributed by atoms with Gasteiger partial charge < -0.3 is 10.1 Å². The van der Waals surface area contributed by atoms with E-state index in [9.17, 15) is 9.90 Å². The van der Waals surface area contributed by atoms with E-state index in [-0.39, 0.29) is 5.69 Å². The van der Waals surface area contributed by atoms with Gasteiger partial charge in [-0.15, -0.1) is 5.10 Å². The number of carbonyl (C=O) groups is 1. The summed E-state index contributed by atoms with van der Waals surface area (Å²) in [4.78, 5) is 17.8.